The zero-order valence-electron chi connectivity index (χ0n) is 18.8. The fraction of sp³-hybridized carbons (Fsp3) is 0.172. The number of rotatable bonds is 2. The number of carbonyl (C=O) groups excluding carboxylic acids is 2. The maximum absolute atomic E-state index is 13.1. The van der Waals surface area contributed by atoms with Crippen LogP contribution in [-0.2, 0) is 0 Å². The molecule has 0 saturated carbocycles. The summed E-state index contributed by atoms with van der Waals surface area (Å²) < 4.78 is 4.81. The van der Waals surface area contributed by atoms with Gasteiger partial charge in [0.2, 0.25) is 0 Å². The summed E-state index contributed by atoms with van der Waals surface area (Å²) in [6, 6.07) is 17.0. The third-order valence-electron chi connectivity index (χ3n) is 7.20. The molecule has 0 radical (unpaired) electrons. The van der Waals surface area contributed by atoms with Crippen molar-refractivity contribution in [1.82, 2.24) is 9.13 Å². The van der Waals surface area contributed by atoms with Crippen molar-refractivity contribution in [2.24, 2.45) is 0 Å². The average Bonchev–Trinajstić information content (AvgIpc) is 3.48. The lowest BCUT2D eigenvalue weighted by Gasteiger charge is -2.15. The lowest BCUT2D eigenvalue weighted by atomic mass is 9.91. The van der Waals surface area contributed by atoms with Crippen molar-refractivity contribution in [3.8, 4) is 0 Å². The van der Waals surface area contributed by atoms with E-state index in [1.807, 2.05) is 12.1 Å². The molecule has 1 aliphatic carbocycles. The molecular weight excluding hydrogens is 408 g/mol. The zero-order chi connectivity index (χ0) is 23.0. The van der Waals surface area contributed by atoms with Crippen molar-refractivity contribution in [2.45, 2.75) is 32.4 Å². The summed E-state index contributed by atoms with van der Waals surface area (Å²) in [5.74, 6) is -0.117. The molecule has 3 heterocycles. The van der Waals surface area contributed by atoms with Gasteiger partial charge in [-0.3, -0.25) is 9.59 Å². The molecule has 1 aliphatic heterocycles. The molecule has 3 aromatic carbocycles. The van der Waals surface area contributed by atoms with E-state index in [1.165, 1.54) is 0 Å². The highest BCUT2D eigenvalue weighted by Crippen LogP contribution is 2.50. The van der Waals surface area contributed by atoms with Gasteiger partial charge in [0.1, 0.15) is 0 Å². The number of fused-ring (bicyclic) bond motifs is 10. The number of carbonyl (C=O) groups is 2. The molecule has 0 spiro atoms. The summed E-state index contributed by atoms with van der Waals surface area (Å²) in [5, 5.41) is 3.93. The molecule has 0 fully saturated rings. The minimum absolute atomic E-state index is 0.0585. The van der Waals surface area contributed by atoms with Crippen molar-refractivity contribution in [3.05, 3.63) is 85.0 Å². The number of nitrogens with zero attached hydrogens (tertiary/aromatic N) is 2. The Kier molecular flexibility index (Phi) is 4.06. The molecule has 5 aromatic rings. The van der Waals surface area contributed by atoms with Crippen molar-refractivity contribution >= 4 is 55.2 Å². The molecule has 7 rings (SSSR count). The van der Waals surface area contributed by atoms with Crippen LogP contribution in [0.2, 0.25) is 0 Å². The van der Waals surface area contributed by atoms with Crippen LogP contribution in [0.5, 0.6) is 0 Å². The number of ketones is 2. The molecule has 0 N–H and O–H groups in total. The Morgan fingerprint density at radius 1 is 0.727 bits per heavy atom. The molecule has 4 nitrogen and oxygen atoms in total. The number of hydrogen-bond acceptors (Lipinski definition) is 2. The summed E-state index contributed by atoms with van der Waals surface area (Å²) in [6.07, 6.45) is 5.57. The summed E-state index contributed by atoms with van der Waals surface area (Å²) >= 11 is 0. The summed E-state index contributed by atoms with van der Waals surface area (Å²) in [5.41, 5.74) is 5.54. The number of para-hydroxylation sites is 2. The standard InChI is InChI=1S/C27H20N2O2.C2H4/c1-14(30)22-23(15(2)31)25-19-8-4-6-10-21(19)29-17-12-11-16(13-17)28-20-9-5-3-7-18(20)24(22)26(28)27(25)29;1-2/h3-12,16-17H,13H2,1-2H3;1-2H2. The molecule has 4 heteroatoms. The Hall–Kier alpha value is -3.92. The van der Waals surface area contributed by atoms with Crippen LogP contribution in [0.25, 0.3) is 43.6 Å². The van der Waals surface area contributed by atoms with Crippen LogP contribution in [0.4, 0.5) is 0 Å². The van der Waals surface area contributed by atoms with Gasteiger partial charge in [-0.1, -0.05) is 48.6 Å². The van der Waals surface area contributed by atoms with E-state index in [4.69, 9.17) is 0 Å². The van der Waals surface area contributed by atoms with Gasteiger partial charge in [-0.15, -0.1) is 13.2 Å². The minimum atomic E-state index is -0.0585. The first-order valence-corrected chi connectivity index (χ1v) is 11.3. The highest BCUT2D eigenvalue weighted by molar-refractivity contribution is 6.34. The Morgan fingerprint density at radius 2 is 1.12 bits per heavy atom. The first-order chi connectivity index (χ1) is 16.1. The maximum atomic E-state index is 13.1. The number of benzene rings is 3. The van der Waals surface area contributed by atoms with E-state index in [2.05, 4.69) is 70.8 Å². The number of Topliss-reactive ketones (excluding diaryl/α,β-unsaturated/α-hetero) is 2. The first kappa shape index (κ1) is 19.7. The number of hydrogen-bond donors (Lipinski definition) is 0. The Bertz CT molecular complexity index is 1570. The van der Waals surface area contributed by atoms with E-state index >= 15 is 0 Å². The zero-order valence-corrected chi connectivity index (χ0v) is 18.8. The number of aromatic nitrogens is 2. The van der Waals surface area contributed by atoms with Gasteiger partial charge in [0.25, 0.3) is 0 Å². The van der Waals surface area contributed by atoms with Crippen molar-refractivity contribution in [1.29, 1.82) is 0 Å². The molecule has 2 atom stereocenters. The van der Waals surface area contributed by atoms with Crippen molar-refractivity contribution in [2.75, 3.05) is 0 Å². The van der Waals surface area contributed by atoms with Crippen LogP contribution in [-0.4, -0.2) is 20.7 Å². The lowest BCUT2D eigenvalue weighted by Crippen LogP contribution is -2.08. The molecule has 2 unspecified atom stereocenters. The van der Waals surface area contributed by atoms with Crippen molar-refractivity contribution in [3.63, 3.8) is 0 Å². The summed E-state index contributed by atoms with van der Waals surface area (Å²) in [6.45, 7) is 9.17. The molecule has 0 amide bonds. The van der Waals surface area contributed by atoms with Crippen LogP contribution in [0.15, 0.2) is 73.8 Å². The predicted octanol–water partition coefficient (Wildman–Crippen LogP) is 7.17. The fourth-order valence-electron chi connectivity index (χ4n) is 6.19. The third-order valence-corrected chi connectivity index (χ3v) is 7.20. The summed E-state index contributed by atoms with van der Waals surface area (Å²) in [4.78, 5) is 26.2. The smallest absolute Gasteiger partial charge is 0.161 e. The van der Waals surface area contributed by atoms with Crippen molar-refractivity contribution < 1.29 is 9.59 Å². The second kappa shape index (κ2) is 6.79. The number of allylic oxidation sites excluding steroid dienone is 2. The molecule has 2 aromatic heterocycles. The molecule has 2 bridgehead atoms. The van der Waals surface area contributed by atoms with Gasteiger partial charge in [0, 0.05) is 43.7 Å². The van der Waals surface area contributed by atoms with E-state index in [0.717, 1.165) is 50.0 Å². The molecular formula is C29H24N2O2. The largest absolute Gasteiger partial charge is 0.332 e. The van der Waals surface area contributed by atoms with Crippen LogP contribution in [0.1, 0.15) is 53.1 Å². The highest BCUT2D eigenvalue weighted by atomic mass is 16.1. The normalized spacial score (nSPS) is 18.2. The summed E-state index contributed by atoms with van der Waals surface area (Å²) in [7, 11) is 0. The van der Waals surface area contributed by atoms with Gasteiger partial charge in [-0.05, 0) is 32.4 Å². The Morgan fingerprint density at radius 3 is 1.52 bits per heavy atom. The minimum Gasteiger partial charge on any atom is -0.332 e. The van der Waals surface area contributed by atoms with Gasteiger partial charge in [-0.25, -0.2) is 0 Å². The van der Waals surface area contributed by atoms with Crippen LogP contribution in [0.3, 0.4) is 0 Å². The van der Waals surface area contributed by atoms with Gasteiger partial charge in [0.15, 0.2) is 11.6 Å². The van der Waals surface area contributed by atoms with E-state index in [0.29, 0.717) is 11.1 Å². The van der Waals surface area contributed by atoms with E-state index in [1.54, 1.807) is 13.8 Å². The van der Waals surface area contributed by atoms with E-state index in [9.17, 15) is 9.59 Å². The molecule has 33 heavy (non-hydrogen) atoms. The SMILES string of the molecule is C=C.CC(=O)c1c(C(C)=O)c2c3ccccc3n3c2c2c1c1ccccc1n2C1C=CC3C1. The highest BCUT2D eigenvalue weighted by Gasteiger charge is 2.36. The maximum Gasteiger partial charge on any atom is 0.161 e. The lowest BCUT2D eigenvalue weighted by molar-refractivity contribution is 0.0983. The van der Waals surface area contributed by atoms with Gasteiger partial charge < -0.3 is 9.13 Å². The van der Waals surface area contributed by atoms with E-state index < -0.39 is 0 Å². The predicted molar refractivity (Wildman–Crippen MR) is 136 cm³/mol. The quantitative estimate of drug-likeness (QED) is 0.219. The Balaban J connectivity index is 0.00000101. The van der Waals surface area contributed by atoms with E-state index in [-0.39, 0.29) is 23.7 Å². The molecule has 2 aliphatic rings. The fourth-order valence-corrected chi connectivity index (χ4v) is 6.19. The average molecular weight is 433 g/mol. The van der Waals surface area contributed by atoms with Gasteiger partial charge >= 0.3 is 0 Å². The van der Waals surface area contributed by atoms with Crippen LogP contribution >= 0.6 is 0 Å². The second-order valence-corrected chi connectivity index (χ2v) is 8.84. The van der Waals surface area contributed by atoms with Gasteiger partial charge in [-0.2, -0.15) is 0 Å². The Labute approximate surface area is 191 Å². The molecule has 0 saturated heterocycles. The van der Waals surface area contributed by atoms with Crippen LogP contribution in [0, 0.1) is 0 Å². The first-order valence-electron chi connectivity index (χ1n) is 11.3. The molecule has 162 valence electrons. The second-order valence-electron chi connectivity index (χ2n) is 8.84. The van der Waals surface area contributed by atoms with Gasteiger partial charge in [0.05, 0.1) is 23.1 Å². The monoisotopic (exact) mass is 432 g/mol. The van der Waals surface area contributed by atoms with Crippen LogP contribution < -0.4 is 0 Å². The third kappa shape index (κ3) is 2.30. The topological polar surface area (TPSA) is 44.0 Å².